The molecular weight excluding hydrogens is 226 g/mol. The number of aromatic hydroxyl groups is 1. The second-order valence-corrected chi connectivity index (χ2v) is 3.43. The number of hydrogen-bond donors (Lipinski definition) is 3. The number of nitrogens with two attached hydrogens (primary N) is 1. The van der Waals surface area contributed by atoms with Crippen LogP contribution in [0.1, 0.15) is 13.3 Å². The number of nitrogens with one attached hydrogen (secondary N) is 1. The van der Waals surface area contributed by atoms with Gasteiger partial charge in [0.25, 0.3) is 5.69 Å². The third-order valence-electron chi connectivity index (χ3n) is 2.24. The quantitative estimate of drug-likeness (QED) is 0.411. The number of phenolic OH excluding ortho intramolecular Hbond substituents is 1. The number of nitrogens with zero attached hydrogens (tertiary/aromatic N) is 1. The lowest BCUT2D eigenvalue weighted by atomic mass is 10.2. The Labute approximate surface area is 97.4 Å². The van der Waals surface area contributed by atoms with Gasteiger partial charge in [-0.2, -0.15) is 0 Å². The number of benzene rings is 1. The van der Waals surface area contributed by atoms with Crippen LogP contribution in [0.4, 0.5) is 11.4 Å². The van der Waals surface area contributed by atoms with Gasteiger partial charge in [-0.3, -0.25) is 14.9 Å². The van der Waals surface area contributed by atoms with E-state index in [1.54, 1.807) is 6.92 Å². The molecule has 0 fully saturated rings. The van der Waals surface area contributed by atoms with Crippen LogP contribution in [0.3, 0.4) is 0 Å². The first kappa shape index (κ1) is 12.9. The number of nitro benzene ring substituents is 1. The van der Waals surface area contributed by atoms with E-state index in [-0.39, 0.29) is 17.1 Å². The number of para-hydroxylation sites is 1. The van der Waals surface area contributed by atoms with Gasteiger partial charge in [0.05, 0.1) is 11.0 Å². The average Bonchev–Trinajstić information content (AvgIpc) is 2.30. The topological polar surface area (TPSA) is 118 Å². The number of phenols is 1. The number of hydrogen-bond acceptors (Lipinski definition) is 5. The highest BCUT2D eigenvalue weighted by Gasteiger charge is 2.21. The lowest BCUT2D eigenvalue weighted by molar-refractivity contribution is -0.384. The summed E-state index contributed by atoms with van der Waals surface area (Å²) < 4.78 is 0. The van der Waals surface area contributed by atoms with Crippen LogP contribution >= 0.6 is 0 Å². The van der Waals surface area contributed by atoms with Crippen molar-refractivity contribution < 1.29 is 14.8 Å². The molecule has 7 heteroatoms. The van der Waals surface area contributed by atoms with Crippen LogP contribution in [-0.2, 0) is 4.79 Å². The van der Waals surface area contributed by atoms with Crippen molar-refractivity contribution in [2.45, 2.75) is 19.4 Å². The number of carbonyl (C=O) groups is 1. The molecule has 0 bridgehead atoms. The molecule has 0 saturated heterocycles. The standard InChI is InChI=1S/C10H13N3O4/c1-2-6(11)10(15)12-9-7(13(16)17)4-3-5-8(9)14/h3-6,14H,2,11H2,1H3,(H,12,15). The van der Waals surface area contributed by atoms with Gasteiger partial charge in [-0.1, -0.05) is 13.0 Å². The molecule has 0 aliphatic heterocycles. The summed E-state index contributed by atoms with van der Waals surface area (Å²) in [5, 5.41) is 22.4. The number of rotatable bonds is 4. The molecular formula is C10H13N3O4. The summed E-state index contributed by atoms with van der Waals surface area (Å²) in [6.45, 7) is 1.71. The fourth-order valence-corrected chi connectivity index (χ4v) is 1.21. The Morgan fingerprint density at radius 3 is 2.82 bits per heavy atom. The van der Waals surface area contributed by atoms with E-state index in [1.807, 2.05) is 0 Å². The van der Waals surface area contributed by atoms with E-state index in [9.17, 15) is 20.0 Å². The van der Waals surface area contributed by atoms with Crippen molar-refractivity contribution in [1.82, 2.24) is 0 Å². The van der Waals surface area contributed by atoms with Crippen molar-refractivity contribution in [2.75, 3.05) is 5.32 Å². The van der Waals surface area contributed by atoms with Gasteiger partial charge in [-0.15, -0.1) is 0 Å². The normalized spacial score (nSPS) is 11.9. The van der Waals surface area contributed by atoms with Crippen molar-refractivity contribution in [3.05, 3.63) is 28.3 Å². The lowest BCUT2D eigenvalue weighted by Gasteiger charge is -2.11. The first-order valence-electron chi connectivity index (χ1n) is 5.00. The summed E-state index contributed by atoms with van der Waals surface area (Å²) in [7, 11) is 0. The second kappa shape index (κ2) is 5.26. The number of nitro groups is 1. The zero-order valence-electron chi connectivity index (χ0n) is 9.21. The molecule has 0 aliphatic carbocycles. The zero-order chi connectivity index (χ0) is 13.0. The molecule has 7 nitrogen and oxygen atoms in total. The highest BCUT2D eigenvalue weighted by atomic mass is 16.6. The molecule has 0 saturated carbocycles. The number of carbonyl (C=O) groups excluding carboxylic acids is 1. The Kier molecular flexibility index (Phi) is 4.00. The van der Waals surface area contributed by atoms with Crippen LogP contribution in [0, 0.1) is 10.1 Å². The zero-order valence-corrected chi connectivity index (χ0v) is 9.21. The third kappa shape index (κ3) is 2.91. The van der Waals surface area contributed by atoms with Crippen molar-refractivity contribution in [3.63, 3.8) is 0 Å². The Morgan fingerprint density at radius 1 is 1.65 bits per heavy atom. The monoisotopic (exact) mass is 239 g/mol. The van der Waals surface area contributed by atoms with Crippen molar-refractivity contribution in [3.8, 4) is 5.75 Å². The van der Waals surface area contributed by atoms with Crippen molar-refractivity contribution in [2.24, 2.45) is 5.73 Å². The van der Waals surface area contributed by atoms with Crippen LogP contribution in [0.25, 0.3) is 0 Å². The average molecular weight is 239 g/mol. The van der Waals surface area contributed by atoms with Crippen molar-refractivity contribution >= 4 is 17.3 Å². The highest BCUT2D eigenvalue weighted by Crippen LogP contribution is 2.33. The Balaban J connectivity index is 3.05. The number of amides is 1. The van der Waals surface area contributed by atoms with Crippen LogP contribution in [0.2, 0.25) is 0 Å². The summed E-state index contributed by atoms with van der Waals surface area (Å²) in [4.78, 5) is 21.5. The van der Waals surface area contributed by atoms with Crippen LogP contribution in [-0.4, -0.2) is 22.0 Å². The summed E-state index contributed by atoms with van der Waals surface area (Å²) in [5.41, 5.74) is 4.87. The fourth-order valence-electron chi connectivity index (χ4n) is 1.21. The number of anilines is 1. The Hall–Kier alpha value is -2.15. The molecule has 0 aromatic heterocycles. The van der Waals surface area contributed by atoms with Gasteiger partial charge >= 0.3 is 0 Å². The molecule has 0 radical (unpaired) electrons. The molecule has 1 atom stereocenters. The molecule has 0 heterocycles. The van der Waals surface area contributed by atoms with Gasteiger partial charge in [-0.25, -0.2) is 0 Å². The summed E-state index contributed by atoms with van der Waals surface area (Å²) in [6.07, 6.45) is 0.396. The van der Waals surface area contributed by atoms with Gasteiger partial charge in [0, 0.05) is 6.07 Å². The van der Waals surface area contributed by atoms with Gasteiger partial charge in [0.15, 0.2) is 5.69 Å². The minimum Gasteiger partial charge on any atom is -0.505 e. The van der Waals surface area contributed by atoms with Crippen LogP contribution in [0.5, 0.6) is 5.75 Å². The smallest absolute Gasteiger partial charge is 0.296 e. The molecule has 4 N–H and O–H groups in total. The largest absolute Gasteiger partial charge is 0.505 e. The van der Waals surface area contributed by atoms with E-state index in [1.165, 1.54) is 18.2 Å². The summed E-state index contributed by atoms with van der Waals surface area (Å²) >= 11 is 0. The minimum absolute atomic E-state index is 0.230. The van der Waals surface area contributed by atoms with E-state index < -0.39 is 16.9 Å². The molecule has 1 amide bonds. The Bertz CT molecular complexity index is 447. The maximum absolute atomic E-state index is 11.5. The predicted octanol–water partition coefficient (Wildman–Crippen LogP) is 0.976. The molecule has 1 rings (SSSR count). The lowest BCUT2D eigenvalue weighted by Crippen LogP contribution is -2.35. The molecule has 0 aliphatic rings. The van der Waals surface area contributed by atoms with Crippen LogP contribution in [0.15, 0.2) is 18.2 Å². The summed E-state index contributed by atoms with van der Waals surface area (Å²) in [6, 6.07) is 2.99. The Morgan fingerprint density at radius 2 is 2.29 bits per heavy atom. The van der Waals surface area contributed by atoms with Crippen LogP contribution < -0.4 is 11.1 Å². The molecule has 1 unspecified atom stereocenters. The molecule has 17 heavy (non-hydrogen) atoms. The molecule has 92 valence electrons. The second-order valence-electron chi connectivity index (χ2n) is 3.43. The van der Waals surface area contributed by atoms with Crippen molar-refractivity contribution in [1.29, 1.82) is 0 Å². The third-order valence-corrected chi connectivity index (χ3v) is 2.24. The SMILES string of the molecule is CCC(N)C(=O)Nc1c(O)cccc1[N+](=O)[O-]. The summed E-state index contributed by atoms with van der Waals surface area (Å²) in [5.74, 6) is -0.937. The maximum Gasteiger partial charge on any atom is 0.296 e. The van der Waals surface area contributed by atoms with Gasteiger partial charge in [-0.05, 0) is 12.5 Å². The van der Waals surface area contributed by atoms with E-state index in [0.29, 0.717) is 6.42 Å². The van der Waals surface area contributed by atoms with E-state index in [0.717, 1.165) is 0 Å². The highest BCUT2D eigenvalue weighted by molar-refractivity contribution is 5.98. The van der Waals surface area contributed by atoms with Gasteiger partial charge < -0.3 is 16.2 Å². The minimum atomic E-state index is -0.769. The van der Waals surface area contributed by atoms with E-state index in [2.05, 4.69) is 5.32 Å². The van der Waals surface area contributed by atoms with E-state index >= 15 is 0 Å². The first-order valence-corrected chi connectivity index (χ1v) is 5.00. The molecule has 0 spiro atoms. The van der Waals surface area contributed by atoms with Gasteiger partial charge in [0.2, 0.25) is 5.91 Å². The molecule has 1 aromatic rings. The first-order chi connectivity index (χ1) is 7.97. The maximum atomic E-state index is 11.5. The fraction of sp³-hybridized carbons (Fsp3) is 0.300. The van der Waals surface area contributed by atoms with E-state index in [4.69, 9.17) is 5.73 Å². The molecule has 1 aromatic carbocycles. The predicted molar refractivity (Wildman–Crippen MR) is 61.7 cm³/mol. The van der Waals surface area contributed by atoms with Gasteiger partial charge in [0.1, 0.15) is 5.75 Å².